The van der Waals surface area contributed by atoms with E-state index in [4.69, 9.17) is 14.2 Å². The number of rotatable bonds is 7. The number of carbonyl (C=O) groups excluding carboxylic acids is 2. The Kier molecular flexibility index (Phi) is 5.97. The summed E-state index contributed by atoms with van der Waals surface area (Å²) < 4.78 is 30.1. The van der Waals surface area contributed by atoms with Crippen LogP contribution in [-0.4, -0.2) is 32.6 Å². The zero-order valence-electron chi connectivity index (χ0n) is 16.0. The molecule has 0 radical (unpaired) electrons. The van der Waals surface area contributed by atoms with E-state index in [9.17, 15) is 14.0 Å². The number of hydrogen-bond acceptors (Lipinski definition) is 5. The average Bonchev–Trinajstić information content (AvgIpc) is 3.22. The molecule has 0 unspecified atom stereocenters. The first-order valence-electron chi connectivity index (χ1n) is 9.19. The van der Waals surface area contributed by atoms with Gasteiger partial charge in [-0.2, -0.15) is 0 Å². The molecule has 1 aliphatic rings. The van der Waals surface area contributed by atoms with Gasteiger partial charge in [0.2, 0.25) is 0 Å². The van der Waals surface area contributed by atoms with Crippen molar-refractivity contribution < 1.29 is 28.2 Å². The summed E-state index contributed by atoms with van der Waals surface area (Å²) in [6.07, 6.45) is 2.65. The number of Topliss-reactive ketones (excluding diaryl/α,β-unsaturated/α-hetero) is 1. The average molecular weight is 386 g/mol. The maximum atomic E-state index is 14.4. The van der Waals surface area contributed by atoms with Crippen LogP contribution in [0.2, 0.25) is 0 Å². The van der Waals surface area contributed by atoms with Crippen LogP contribution in [0.25, 0.3) is 0 Å². The molecule has 1 saturated carbocycles. The molecule has 0 heterocycles. The lowest BCUT2D eigenvalue weighted by Gasteiger charge is -2.27. The van der Waals surface area contributed by atoms with Crippen molar-refractivity contribution >= 4 is 11.8 Å². The molecule has 1 fully saturated rings. The maximum Gasteiger partial charge on any atom is 0.317 e. The van der Waals surface area contributed by atoms with Crippen LogP contribution >= 0.6 is 0 Å². The molecule has 2 aromatic rings. The fraction of sp³-hybridized carbons (Fsp3) is 0.364. The van der Waals surface area contributed by atoms with Gasteiger partial charge in [-0.15, -0.1) is 0 Å². The second-order valence-electron chi connectivity index (χ2n) is 6.84. The van der Waals surface area contributed by atoms with Crippen LogP contribution in [0.1, 0.15) is 41.6 Å². The fourth-order valence-electron chi connectivity index (χ4n) is 3.77. The van der Waals surface area contributed by atoms with E-state index in [0.717, 1.165) is 12.8 Å². The number of carbonyl (C=O) groups is 2. The largest absolute Gasteiger partial charge is 0.493 e. The summed E-state index contributed by atoms with van der Waals surface area (Å²) in [5.41, 5.74) is -0.337. The molecule has 3 rings (SSSR count). The van der Waals surface area contributed by atoms with Crippen LogP contribution in [-0.2, 0) is 14.9 Å². The summed E-state index contributed by atoms with van der Waals surface area (Å²) in [5, 5.41) is 0. The first-order valence-corrected chi connectivity index (χ1v) is 9.19. The monoisotopic (exact) mass is 386 g/mol. The summed E-state index contributed by atoms with van der Waals surface area (Å²) in [5.74, 6) is -0.425. The van der Waals surface area contributed by atoms with Crippen molar-refractivity contribution in [3.63, 3.8) is 0 Å². The third kappa shape index (κ3) is 3.72. The van der Waals surface area contributed by atoms with Crippen molar-refractivity contribution in [2.75, 3.05) is 20.8 Å². The fourth-order valence-corrected chi connectivity index (χ4v) is 3.77. The van der Waals surface area contributed by atoms with Crippen molar-refractivity contribution in [3.8, 4) is 11.5 Å². The van der Waals surface area contributed by atoms with Crippen LogP contribution in [0.3, 0.4) is 0 Å². The highest BCUT2D eigenvalue weighted by atomic mass is 19.1. The topological polar surface area (TPSA) is 61.8 Å². The third-order valence-electron chi connectivity index (χ3n) is 5.28. The smallest absolute Gasteiger partial charge is 0.317 e. The number of methoxy groups -OCH3 is 2. The molecule has 148 valence electrons. The molecule has 0 N–H and O–H groups in total. The number of esters is 1. The Labute approximate surface area is 163 Å². The SMILES string of the molecule is COc1ccc(C(=O)COC(=O)C2(c3ccccc3F)CCCC2)cc1OC. The number of ketones is 1. The van der Waals surface area contributed by atoms with Crippen molar-refractivity contribution in [2.24, 2.45) is 0 Å². The minimum Gasteiger partial charge on any atom is -0.493 e. The maximum absolute atomic E-state index is 14.4. The Bertz CT molecular complexity index is 871. The van der Waals surface area contributed by atoms with E-state index >= 15 is 0 Å². The van der Waals surface area contributed by atoms with E-state index in [1.165, 1.54) is 26.4 Å². The second kappa shape index (κ2) is 8.42. The lowest BCUT2D eigenvalue weighted by atomic mass is 9.78. The van der Waals surface area contributed by atoms with Gasteiger partial charge in [0.25, 0.3) is 0 Å². The third-order valence-corrected chi connectivity index (χ3v) is 5.28. The first-order chi connectivity index (χ1) is 13.5. The Morgan fingerprint density at radius 2 is 1.68 bits per heavy atom. The number of benzene rings is 2. The van der Waals surface area contributed by atoms with Crippen molar-refractivity contribution in [1.29, 1.82) is 0 Å². The predicted molar refractivity (Wildman–Crippen MR) is 101 cm³/mol. The van der Waals surface area contributed by atoms with Gasteiger partial charge >= 0.3 is 5.97 Å². The van der Waals surface area contributed by atoms with Crippen LogP contribution in [0.15, 0.2) is 42.5 Å². The molecule has 28 heavy (non-hydrogen) atoms. The summed E-state index contributed by atoms with van der Waals surface area (Å²) in [4.78, 5) is 25.4. The summed E-state index contributed by atoms with van der Waals surface area (Å²) in [7, 11) is 2.98. The van der Waals surface area contributed by atoms with Crippen LogP contribution in [0.5, 0.6) is 11.5 Å². The van der Waals surface area contributed by atoms with Gasteiger partial charge < -0.3 is 14.2 Å². The lowest BCUT2D eigenvalue weighted by Crippen LogP contribution is -2.36. The molecule has 0 saturated heterocycles. The van der Waals surface area contributed by atoms with Gasteiger partial charge in [0.05, 0.1) is 19.6 Å². The molecule has 0 aromatic heterocycles. The van der Waals surface area contributed by atoms with Crippen LogP contribution in [0.4, 0.5) is 4.39 Å². The van der Waals surface area contributed by atoms with Crippen LogP contribution in [0, 0.1) is 5.82 Å². The Hall–Kier alpha value is -2.89. The molecule has 2 aromatic carbocycles. The highest BCUT2D eigenvalue weighted by molar-refractivity contribution is 5.99. The highest BCUT2D eigenvalue weighted by Crippen LogP contribution is 2.43. The zero-order valence-corrected chi connectivity index (χ0v) is 16.0. The van der Waals surface area contributed by atoms with E-state index in [-0.39, 0.29) is 5.78 Å². The van der Waals surface area contributed by atoms with E-state index < -0.39 is 23.8 Å². The molecule has 6 heteroatoms. The van der Waals surface area contributed by atoms with Gasteiger partial charge in [-0.1, -0.05) is 31.0 Å². The van der Waals surface area contributed by atoms with Crippen molar-refractivity contribution in [2.45, 2.75) is 31.1 Å². The van der Waals surface area contributed by atoms with Crippen molar-refractivity contribution in [1.82, 2.24) is 0 Å². The molecule has 1 aliphatic carbocycles. The molecular formula is C22H23FO5. The van der Waals surface area contributed by atoms with Gasteiger partial charge in [0.15, 0.2) is 23.9 Å². The lowest BCUT2D eigenvalue weighted by molar-refractivity contribution is -0.149. The summed E-state index contributed by atoms with van der Waals surface area (Å²) in [6.45, 7) is -0.412. The molecule has 0 bridgehead atoms. The Morgan fingerprint density at radius 3 is 2.32 bits per heavy atom. The number of ether oxygens (including phenoxy) is 3. The summed E-state index contributed by atoms with van der Waals surface area (Å²) >= 11 is 0. The van der Waals surface area contributed by atoms with Gasteiger partial charge in [0, 0.05) is 11.1 Å². The normalized spacial score (nSPS) is 15.1. The zero-order chi connectivity index (χ0) is 20.1. The second-order valence-corrected chi connectivity index (χ2v) is 6.84. The molecule has 0 amide bonds. The minimum absolute atomic E-state index is 0.344. The van der Waals surface area contributed by atoms with Gasteiger partial charge in [-0.3, -0.25) is 9.59 Å². The van der Waals surface area contributed by atoms with Gasteiger partial charge in [-0.25, -0.2) is 4.39 Å². The van der Waals surface area contributed by atoms with E-state index in [2.05, 4.69) is 0 Å². The molecule has 0 spiro atoms. The van der Waals surface area contributed by atoms with Crippen molar-refractivity contribution in [3.05, 3.63) is 59.4 Å². The Morgan fingerprint density at radius 1 is 1.00 bits per heavy atom. The highest BCUT2D eigenvalue weighted by Gasteiger charge is 2.45. The van der Waals surface area contributed by atoms with Gasteiger partial charge in [-0.05, 0) is 37.1 Å². The predicted octanol–water partition coefficient (Wildman–Crippen LogP) is 4.08. The minimum atomic E-state index is -1.02. The van der Waals surface area contributed by atoms with Gasteiger partial charge in [0.1, 0.15) is 5.82 Å². The quantitative estimate of drug-likeness (QED) is 0.530. The Balaban J connectivity index is 1.75. The number of halogens is 1. The van der Waals surface area contributed by atoms with E-state index in [1.807, 2.05) is 0 Å². The molecule has 5 nitrogen and oxygen atoms in total. The molecule has 0 aliphatic heterocycles. The molecule has 0 atom stereocenters. The molecular weight excluding hydrogens is 363 g/mol. The van der Waals surface area contributed by atoms with E-state index in [0.29, 0.717) is 35.5 Å². The summed E-state index contributed by atoms with van der Waals surface area (Å²) in [6, 6.07) is 11.0. The standard InChI is InChI=1S/C22H23FO5/c1-26-19-10-9-15(13-20(19)27-2)18(24)14-28-21(25)22(11-5-6-12-22)16-7-3-4-8-17(16)23/h3-4,7-10,13H,5-6,11-12,14H2,1-2H3. The number of hydrogen-bond donors (Lipinski definition) is 0. The van der Waals surface area contributed by atoms with E-state index in [1.54, 1.807) is 30.3 Å². The first kappa shape index (κ1) is 19.9. The van der Waals surface area contributed by atoms with Crippen LogP contribution < -0.4 is 9.47 Å².